The number of ether oxygens (including phenoxy) is 1. The number of benzene rings is 1. The summed E-state index contributed by atoms with van der Waals surface area (Å²) in [5, 5.41) is 3.51. The zero-order valence-electron chi connectivity index (χ0n) is 9.33. The number of nitrogens with one attached hydrogen (secondary N) is 1. The molecule has 0 bridgehead atoms. The highest BCUT2D eigenvalue weighted by Gasteiger charge is 1.99. The first-order valence-electron chi connectivity index (χ1n) is 5.31. The predicted octanol–water partition coefficient (Wildman–Crippen LogP) is 2.04. The lowest BCUT2D eigenvalue weighted by atomic mass is 10.1. The molecule has 16 heavy (non-hydrogen) atoms. The van der Waals surface area contributed by atoms with Crippen LogP contribution in [-0.4, -0.2) is 25.7 Å². The molecule has 0 saturated carbocycles. The highest BCUT2D eigenvalue weighted by Crippen LogP contribution is 2.09. The fourth-order valence-corrected chi connectivity index (χ4v) is 1.37. The molecule has 0 aliphatic carbocycles. The van der Waals surface area contributed by atoms with Crippen molar-refractivity contribution in [2.75, 3.05) is 19.8 Å². The summed E-state index contributed by atoms with van der Waals surface area (Å²) in [5.41, 5.74) is 1.15. The van der Waals surface area contributed by atoms with Crippen LogP contribution >= 0.6 is 11.6 Å². The second-order valence-electron chi connectivity index (χ2n) is 3.36. The molecular weight excluding hydrogens is 226 g/mol. The average molecular weight is 242 g/mol. The highest BCUT2D eigenvalue weighted by molar-refractivity contribution is 6.30. The summed E-state index contributed by atoms with van der Waals surface area (Å²) < 4.78 is 4.98. The Morgan fingerprint density at radius 1 is 1.38 bits per heavy atom. The van der Waals surface area contributed by atoms with Crippen LogP contribution in [0.15, 0.2) is 24.3 Å². The molecular formula is C12H16ClNO2. The maximum atomic E-state index is 11.2. The van der Waals surface area contributed by atoms with E-state index in [2.05, 4.69) is 5.32 Å². The molecule has 0 fully saturated rings. The Morgan fingerprint density at radius 3 is 2.69 bits per heavy atom. The van der Waals surface area contributed by atoms with Crippen LogP contribution in [0, 0.1) is 0 Å². The minimum Gasteiger partial charge on any atom is -0.372 e. The van der Waals surface area contributed by atoms with Gasteiger partial charge in [-0.25, -0.2) is 0 Å². The molecule has 0 saturated heterocycles. The van der Waals surface area contributed by atoms with E-state index >= 15 is 0 Å². The summed E-state index contributed by atoms with van der Waals surface area (Å²) in [6, 6.07) is 7.60. The van der Waals surface area contributed by atoms with Crippen molar-refractivity contribution >= 4 is 17.5 Å². The molecule has 0 atom stereocenters. The monoisotopic (exact) mass is 241 g/mol. The van der Waals surface area contributed by atoms with Crippen LogP contribution in [0.25, 0.3) is 0 Å². The lowest BCUT2D eigenvalue weighted by Crippen LogP contribution is -2.29. The van der Waals surface area contributed by atoms with Gasteiger partial charge in [0.25, 0.3) is 0 Å². The Morgan fingerprint density at radius 2 is 2.06 bits per heavy atom. The van der Waals surface area contributed by atoms with E-state index in [0.717, 1.165) is 17.0 Å². The van der Waals surface area contributed by atoms with Gasteiger partial charge in [0.05, 0.1) is 0 Å². The van der Waals surface area contributed by atoms with Crippen molar-refractivity contribution in [2.45, 2.75) is 13.3 Å². The van der Waals surface area contributed by atoms with E-state index < -0.39 is 0 Å². The number of hydrogen-bond donors (Lipinski definition) is 1. The molecule has 88 valence electrons. The van der Waals surface area contributed by atoms with Crippen LogP contribution in [0.5, 0.6) is 0 Å². The predicted molar refractivity (Wildman–Crippen MR) is 64.7 cm³/mol. The minimum absolute atomic E-state index is 0.0733. The van der Waals surface area contributed by atoms with Gasteiger partial charge in [-0.3, -0.25) is 4.79 Å². The van der Waals surface area contributed by atoms with Crippen LogP contribution in [0.4, 0.5) is 0 Å². The third-order valence-corrected chi connectivity index (χ3v) is 2.34. The quantitative estimate of drug-likeness (QED) is 0.828. The Labute approximate surface area is 101 Å². The molecule has 1 aromatic carbocycles. The van der Waals surface area contributed by atoms with Gasteiger partial charge in [-0.05, 0) is 31.0 Å². The lowest BCUT2D eigenvalue weighted by molar-refractivity contribution is -0.125. The van der Waals surface area contributed by atoms with E-state index in [9.17, 15) is 4.79 Å². The SMILES string of the molecule is CCOCC(=O)NCCc1ccc(Cl)cc1. The van der Waals surface area contributed by atoms with Crippen molar-refractivity contribution in [3.05, 3.63) is 34.9 Å². The molecule has 0 aliphatic rings. The van der Waals surface area contributed by atoms with Gasteiger partial charge in [-0.1, -0.05) is 23.7 Å². The first-order valence-corrected chi connectivity index (χ1v) is 5.69. The zero-order valence-corrected chi connectivity index (χ0v) is 10.1. The van der Waals surface area contributed by atoms with E-state index in [1.54, 1.807) is 0 Å². The van der Waals surface area contributed by atoms with E-state index in [-0.39, 0.29) is 12.5 Å². The molecule has 0 unspecified atom stereocenters. The third-order valence-electron chi connectivity index (χ3n) is 2.09. The fraction of sp³-hybridized carbons (Fsp3) is 0.417. The van der Waals surface area contributed by atoms with E-state index in [1.807, 2.05) is 31.2 Å². The van der Waals surface area contributed by atoms with Crippen LogP contribution in [0.2, 0.25) is 5.02 Å². The second-order valence-corrected chi connectivity index (χ2v) is 3.80. The van der Waals surface area contributed by atoms with Gasteiger partial charge in [0.15, 0.2) is 0 Å². The largest absolute Gasteiger partial charge is 0.372 e. The smallest absolute Gasteiger partial charge is 0.246 e. The molecule has 1 rings (SSSR count). The number of halogens is 1. The molecule has 0 radical (unpaired) electrons. The maximum Gasteiger partial charge on any atom is 0.246 e. The van der Waals surface area contributed by atoms with E-state index in [1.165, 1.54) is 0 Å². The average Bonchev–Trinajstić information content (AvgIpc) is 2.29. The standard InChI is InChI=1S/C12H16ClNO2/c1-2-16-9-12(15)14-8-7-10-3-5-11(13)6-4-10/h3-6H,2,7-9H2,1H3,(H,14,15). The van der Waals surface area contributed by atoms with Crippen LogP contribution in [0.1, 0.15) is 12.5 Å². The van der Waals surface area contributed by atoms with Crippen molar-refractivity contribution in [3.63, 3.8) is 0 Å². The van der Waals surface area contributed by atoms with Gasteiger partial charge < -0.3 is 10.1 Å². The van der Waals surface area contributed by atoms with Gasteiger partial charge in [0.2, 0.25) is 5.91 Å². The summed E-state index contributed by atoms with van der Waals surface area (Å²) >= 11 is 5.77. The number of amides is 1. The van der Waals surface area contributed by atoms with Crippen molar-refractivity contribution in [1.82, 2.24) is 5.32 Å². The first-order chi connectivity index (χ1) is 7.72. The Kier molecular flexibility index (Phi) is 5.90. The second kappa shape index (κ2) is 7.25. The number of carbonyl (C=O) groups excluding carboxylic acids is 1. The molecule has 0 aliphatic heterocycles. The fourth-order valence-electron chi connectivity index (χ4n) is 1.24. The summed E-state index contributed by atoms with van der Waals surface area (Å²) in [6.45, 7) is 3.18. The molecule has 1 amide bonds. The van der Waals surface area contributed by atoms with Crippen LogP contribution in [0.3, 0.4) is 0 Å². The minimum atomic E-state index is -0.0733. The maximum absolute atomic E-state index is 11.2. The van der Waals surface area contributed by atoms with Crippen LogP contribution in [-0.2, 0) is 16.0 Å². The lowest BCUT2D eigenvalue weighted by Gasteiger charge is -2.05. The van der Waals surface area contributed by atoms with Gasteiger partial charge >= 0.3 is 0 Å². The number of hydrogen-bond acceptors (Lipinski definition) is 2. The molecule has 0 aromatic heterocycles. The molecule has 1 aromatic rings. The van der Waals surface area contributed by atoms with Crippen molar-refractivity contribution < 1.29 is 9.53 Å². The van der Waals surface area contributed by atoms with E-state index in [4.69, 9.17) is 16.3 Å². The first kappa shape index (κ1) is 13.0. The molecule has 4 heteroatoms. The highest BCUT2D eigenvalue weighted by atomic mass is 35.5. The van der Waals surface area contributed by atoms with Crippen molar-refractivity contribution in [1.29, 1.82) is 0 Å². The van der Waals surface area contributed by atoms with E-state index in [0.29, 0.717) is 13.2 Å². The zero-order chi connectivity index (χ0) is 11.8. The summed E-state index contributed by atoms with van der Waals surface area (Å²) in [5.74, 6) is -0.0733. The van der Waals surface area contributed by atoms with Crippen molar-refractivity contribution in [3.8, 4) is 0 Å². The normalized spacial score (nSPS) is 10.1. The van der Waals surface area contributed by atoms with Crippen molar-refractivity contribution in [2.24, 2.45) is 0 Å². The molecule has 0 spiro atoms. The Balaban J connectivity index is 2.20. The van der Waals surface area contributed by atoms with Gasteiger partial charge in [-0.2, -0.15) is 0 Å². The molecule has 3 nitrogen and oxygen atoms in total. The van der Waals surface area contributed by atoms with Gasteiger partial charge in [-0.15, -0.1) is 0 Å². The topological polar surface area (TPSA) is 38.3 Å². The Hall–Kier alpha value is -1.06. The summed E-state index contributed by atoms with van der Waals surface area (Å²) in [4.78, 5) is 11.2. The number of carbonyl (C=O) groups is 1. The molecule has 1 N–H and O–H groups in total. The van der Waals surface area contributed by atoms with Crippen LogP contribution < -0.4 is 5.32 Å². The third kappa shape index (κ3) is 5.14. The summed E-state index contributed by atoms with van der Waals surface area (Å²) in [6.07, 6.45) is 0.801. The molecule has 0 heterocycles. The van der Waals surface area contributed by atoms with Gasteiger partial charge in [0, 0.05) is 18.2 Å². The summed E-state index contributed by atoms with van der Waals surface area (Å²) in [7, 11) is 0. The van der Waals surface area contributed by atoms with Gasteiger partial charge in [0.1, 0.15) is 6.61 Å². The number of rotatable bonds is 6. The Bertz CT molecular complexity index is 324.